The number of ether oxygens (including phenoxy) is 4. The number of benzene rings is 2. The zero-order chi connectivity index (χ0) is 23.1. The van der Waals surface area contributed by atoms with Crippen molar-refractivity contribution < 1.29 is 23.7 Å². The lowest BCUT2D eigenvalue weighted by Crippen LogP contribution is -2.48. The molecule has 0 aliphatic carbocycles. The lowest BCUT2D eigenvalue weighted by Gasteiger charge is -2.34. The Labute approximate surface area is 193 Å². The van der Waals surface area contributed by atoms with Crippen LogP contribution in [0, 0.1) is 0 Å². The Hall–Kier alpha value is -2.68. The molecule has 2 aromatic rings. The average Bonchev–Trinajstić information content (AvgIpc) is 2.80. The van der Waals surface area contributed by atoms with Gasteiger partial charge in [0, 0.05) is 38.8 Å². The molecule has 1 aliphatic rings. The van der Waals surface area contributed by atoms with E-state index >= 15 is 0 Å². The van der Waals surface area contributed by atoms with Crippen molar-refractivity contribution in [3.05, 3.63) is 40.9 Å². The largest absolute Gasteiger partial charge is 0.495 e. The van der Waals surface area contributed by atoms with Crippen molar-refractivity contribution >= 4 is 23.2 Å². The summed E-state index contributed by atoms with van der Waals surface area (Å²) < 4.78 is 21.2. The molecule has 3 rings (SSSR count). The highest BCUT2D eigenvalue weighted by atomic mass is 35.5. The summed E-state index contributed by atoms with van der Waals surface area (Å²) in [5.41, 5.74) is 1.69. The molecule has 0 atom stereocenters. The maximum Gasteiger partial charge on any atom is 0.238 e. The first kappa shape index (κ1) is 24.0. The fourth-order valence-electron chi connectivity index (χ4n) is 3.69. The molecule has 1 heterocycles. The fraction of sp³-hybridized carbons (Fsp3) is 0.435. The SMILES string of the molecule is COc1cc(OC)c(NC(=O)CN2CCN(Cc3ccc(OC)c(OC)c3)CC2)cc1Cl. The summed E-state index contributed by atoms with van der Waals surface area (Å²) in [6.45, 7) is 4.49. The van der Waals surface area contributed by atoms with Crippen molar-refractivity contribution in [1.29, 1.82) is 0 Å². The van der Waals surface area contributed by atoms with Crippen molar-refractivity contribution in [2.24, 2.45) is 0 Å². The first-order valence-corrected chi connectivity index (χ1v) is 10.7. The molecule has 1 aliphatic heterocycles. The Morgan fingerprint density at radius 3 is 2.09 bits per heavy atom. The van der Waals surface area contributed by atoms with Crippen LogP contribution in [0.25, 0.3) is 0 Å². The fourth-order valence-corrected chi connectivity index (χ4v) is 3.93. The minimum Gasteiger partial charge on any atom is -0.495 e. The van der Waals surface area contributed by atoms with E-state index in [1.54, 1.807) is 26.4 Å². The molecule has 0 aromatic heterocycles. The molecule has 8 nitrogen and oxygen atoms in total. The molecule has 0 saturated carbocycles. The zero-order valence-electron chi connectivity index (χ0n) is 18.9. The molecule has 0 unspecified atom stereocenters. The van der Waals surface area contributed by atoms with Crippen molar-refractivity contribution in [1.82, 2.24) is 9.80 Å². The quantitative estimate of drug-likeness (QED) is 0.612. The molecule has 1 saturated heterocycles. The molecule has 1 fully saturated rings. The number of nitrogens with zero attached hydrogens (tertiary/aromatic N) is 2. The van der Waals surface area contributed by atoms with Gasteiger partial charge in [-0.1, -0.05) is 17.7 Å². The number of amides is 1. The second kappa shape index (κ2) is 11.3. The molecule has 0 bridgehead atoms. The molecule has 0 radical (unpaired) electrons. The van der Waals surface area contributed by atoms with Gasteiger partial charge in [-0.15, -0.1) is 0 Å². The molecule has 0 spiro atoms. The van der Waals surface area contributed by atoms with Gasteiger partial charge in [-0.3, -0.25) is 14.6 Å². The lowest BCUT2D eigenvalue weighted by molar-refractivity contribution is -0.117. The summed E-state index contributed by atoms with van der Waals surface area (Å²) in [6.07, 6.45) is 0. The van der Waals surface area contributed by atoms with Gasteiger partial charge in [0.2, 0.25) is 5.91 Å². The highest BCUT2D eigenvalue weighted by Gasteiger charge is 2.20. The van der Waals surface area contributed by atoms with Gasteiger partial charge in [0.25, 0.3) is 0 Å². The Morgan fingerprint density at radius 1 is 0.844 bits per heavy atom. The Balaban J connectivity index is 1.51. The highest BCUT2D eigenvalue weighted by Crippen LogP contribution is 2.36. The van der Waals surface area contributed by atoms with Crippen molar-refractivity contribution in [2.75, 3.05) is 66.5 Å². The molecule has 9 heteroatoms. The number of carbonyl (C=O) groups is 1. The number of hydrogen-bond acceptors (Lipinski definition) is 7. The van der Waals surface area contributed by atoms with Crippen LogP contribution >= 0.6 is 11.6 Å². The average molecular weight is 464 g/mol. The summed E-state index contributed by atoms with van der Waals surface area (Å²) in [5, 5.41) is 3.30. The van der Waals surface area contributed by atoms with E-state index in [1.165, 1.54) is 14.2 Å². The number of anilines is 1. The monoisotopic (exact) mass is 463 g/mol. The summed E-state index contributed by atoms with van der Waals surface area (Å²) in [6, 6.07) is 9.28. The highest BCUT2D eigenvalue weighted by molar-refractivity contribution is 6.32. The van der Waals surface area contributed by atoms with E-state index in [1.807, 2.05) is 12.1 Å². The van der Waals surface area contributed by atoms with Gasteiger partial charge in [-0.25, -0.2) is 0 Å². The number of halogens is 1. The Morgan fingerprint density at radius 2 is 1.47 bits per heavy atom. The number of hydrogen-bond donors (Lipinski definition) is 1. The third-order valence-electron chi connectivity index (χ3n) is 5.43. The van der Waals surface area contributed by atoms with E-state index in [2.05, 4.69) is 21.2 Å². The van der Waals surface area contributed by atoms with E-state index in [0.29, 0.717) is 28.8 Å². The number of piperazine rings is 1. The van der Waals surface area contributed by atoms with Crippen LogP contribution in [0.1, 0.15) is 5.56 Å². The van der Waals surface area contributed by atoms with Crippen LogP contribution in [0.3, 0.4) is 0 Å². The summed E-state index contributed by atoms with van der Waals surface area (Å²) in [5.74, 6) is 2.33. The summed E-state index contributed by atoms with van der Waals surface area (Å²) >= 11 is 6.19. The summed E-state index contributed by atoms with van der Waals surface area (Å²) in [4.78, 5) is 17.1. The van der Waals surface area contributed by atoms with Crippen molar-refractivity contribution in [3.63, 3.8) is 0 Å². The minimum atomic E-state index is -0.113. The summed E-state index contributed by atoms with van der Waals surface area (Å²) in [7, 11) is 6.34. The van der Waals surface area contributed by atoms with Crippen LogP contribution in [-0.4, -0.2) is 76.9 Å². The first-order chi connectivity index (χ1) is 15.5. The van der Waals surface area contributed by atoms with Crippen LogP contribution in [0.5, 0.6) is 23.0 Å². The van der Waals surface area contributed by atoms with Crippen LogP contribution < -0.4 is 24.3 Å². The first-order valence-electron chi connectivity index (χ1n) is 10.3. The zero-order valence-corrected chi connectivity index (χ0v) is 19.7. The third-order valence-corrected chi connectivity index (χ3v) is 5.73. The van der Waals surface area contributed by atoms with Gasteiger partial charge in [0.05, 0.1) is 45.7 Å². The van der Waals surface area contributed by atoms with Gasteiger partial charge in [-0.2, -0.15) is 0 Å². The van der Waals surface area contributed by atoms with Crippen LogP contribution in [-0.2, 0) is 11.3 Å². The minimum absolute atomic E-state index is 0.113. The van der Waals surface area contributed by atoms with E-state index in [-0.39, 0.29) is 5.91 Å². The molecule has 1 N–H and O–H groups in total. The standard InChI is InChI=1S/C23H30ClN3O5/c1-29-19-6-5-16(11-22(19)32-4)14-26-7-9-27(10-8-26)15-23(28)25-18-12-17(24)20(30-2)13-21(18)31-3/h5-6,11-13H,7-10,14-15H2,1-4H3,(H,25,28). The van der Waals surface area contributed by atoms with Gasteiger partial charge >= 0.3 is 0 Å². The van der Waals surface area contributed by atoms with Crippen LogP contribution in [0.4, 0.5) is 5.69 Å². The smallest absolute Gasteiger partial charge is 0.238 e. The molecule has 174 valence electrons. The van der Waals surface area contributed by atoms with Crippen LogP contribution in [0.2, 0.25) is 5.02 Å². The maximum atomic E-state index is 12.6. The number of carbonyl (C=O) groups excluding carboxylic acids is 1. The van der Waals surface area contributed by atoms with Crippen molar-refractivity contribution in [3.8, 4) is 23.0 Å². The Kier molecular flexibility index (Phi) is 8.44. The third kappa shape index (κ3) is 5.97. The second-order valence-electron chi connectivity index (χ2n) is 7.48. The van der Waals surface area contributed by atoms with Gasteiger partial charge in [0.15, 0.2) is 11.5 Å². The van der Waals surface area contributed by atoms with Gasteiger partial charge in [-0.05, 0) is 23.8 Å². The molecular weight excluding hydrogens is 434 g/mol. The second-order valence-corrected chi connectivity index (χ2v) is 7.88. The van der Waals surface area contributed by atoms with Gasteiger partial charge in [0.1, 0.15) is 11.5 Å². The predicted octanol–water partition coefficient (Wildman–Crippen LogP) is 3.13. The predicted molar refractivity (Wildman–Crippen MR) is 124 cm³/mol. The topological polar surface area (TPSA) is 72.5 Å². The molecule has 1 amide bonds. The van der Waals surface area contributed by atoms with Crippen molar-refractivity contribution in [2.45, 2.75) is 6.54 Å². The number of rotatable bonds is 9. The normalized spacial score (nSPS) is 14.7. The molecule has 2 aromatic carbocycles. The van der Waals surface area contributed by atoms with Crippen LogP contribution in [0.15, 0.2) is 30.3 Å². The van der Waals surface area contributed by atoms with E-state index in [9.17, 15) is 4.79 Å². The number of nitrogens with one attached hydrogen (secondary N) is 1. The van der Waals surface area contributed by atoms with E-state index in [0.717, 1.165) is 49.8 Å². The lowest BCUT2D eigenvalue weighted by atomic mass is 10.1. The van der Waals surface area contributed by atoms with E-state index in [4.69, 9.17) is 30.5 Å². The maximum absolute atomic E-state index is 12.6. The van der Waals surface area contributed by atoms with E-state index < -0.39 is 0 Å². The molecular formula is C23H30ClN3O5. The number of methoxy groups -OCH3 is 4. The Bertz CT molecular complexity index is 932. The molecule has 32 heavy (non-hydrogen) atoms. The van der Waals surface area contributed by atoms with Gasteiger partial charge < -0.3 is 24.3 Å².